The lowest BCUT2D eigenvalue weighted by molar-refractivity contribution is 0.609. The highest BCUT2D eigenvalue weighted by Crippen LogP contribution is 2.22. The van der Waals surface area contributed by atoms with Crippen LogP contribution in [0.15, 0.2) is 16.7 Å². The highest BCUT2D eigenvalue weighted by atomic mass is 79.9. The summed E-state index contributed by atoms with van der Waals surface area (Å²) in [6, 6.07) is 1.71. The van der Waals surface area contributed by atoms with Crippen LogP contribution in [0, 0.1) is 6.92 Å². The topological polar surface area (TPSA) is 76.3 Å². The Balaban J connectivity index is 3.15. The predicted molar refractivity (Wildman–Crippen MR) is 63.4 cm³/mol. The van der Waals surface area contributed by atoms with Crippen molar-refractivity contribution in [3.05, 3.63) is 22.4 Å². The van der Waals surface area contributed by atoms with Crippen molar-refractivity contribution in [2.75, 3.05) is 17.4 Å². The van der Waals surface area contributed by atoms with Crippen molar-refractivity contribution in [3.8, 4) is 0 Å². The van der Waals surface area contributed by atoms with Crippen LogP contribution < -0.4 is 10.0 Å². The molecule has 15 heavy (non-hydrogen) atoms. The minimum atomic E-state index is -2.68. The zero-order valence-electron chi connectivity index (χ0n) is 8.18. The Morgan fingerprint density at radius 2 is 2.27 bits per heavy atom. The summed E-state index contributed by atoms with van der Waals surface area (Å²) >= 11 is 3.25. The second-order valence-electron chi connectivity index (χ2n) is 2.91. The Morgan fingerprint density at radius 3 is 2.80 bits per heavy atom. The van der Waals surface area contributed by atoms with Crippen LogP contribution in [0.5, 0.6) is 0 Å². The van der Waals surface area contributed by atoms with Gasteiger partial charge < -0.3 is 5.73 Å². The van der Waals surface area contributed by atoms with Crippen molar-refractivity contribution in [2.24, 2.45) is 5.73 Å². The standard InChI is InChI=1S/C8H12BrN3O2S/c1-6-8(4-7(9)5-11-6)12(3-2-10)15(13)14/h4-5,15H,2-3,10H2,1H3. The molecular formula is C8H12BrN3O2S. The first-order chi connectivity index (χ1) is 7.06. The van der Waals surface area contributed by atoms with Crippen LogP contribution in [0.25, 0.3) is 0 Å². The molecule has 5 nitrogen and oxygen atoms in total. The van der Waals surface area contributed by atoms with Gasteiger partial charge in [-0.05, 0) is 28.9 Å². The van der Waals surface area contributed by atoms with Crippen LogP contribution in [0.1, 0.15) is 5.69 Å². The van der Waals surface area contributed by atoms with E-state index >= 15 is 0 Å². The fourth-order valence-electron chi connectivity index (χ4n) is 1.17. The van der Waals surface area contributed by atoms with Crippen LogP contribution in [0.2, 0.25) is 0 Å². The number of anilines is 1. The normalized spacial score (nSPS) is 10.7. The molecule has 0 spiro atoms. The molecule has 0 aliphatic rings. The zero-order chi connectivity index (χ0) is 11.4. The molecule has 0 aromatic carbocycles. The summed E-state index contributed by atoms with van der Waals surface area (Å²) in [5, 5.41) is 0. The van der Waals surface area contributed by atoms with Gasteiger partial charge in [0, 0.05) is 23.8 Å². The maximum atomic E-state index is 11.0. The van der Waals surface area contributed by atoms with Crippen molar-refractivity contribution in [2.45, 2.75) is 6.92 Å². The van der Waals surface area contributed by atoms with Crippen LogP contribution in [0.3, 0.4) is 0 Å². The molecule has 0 radical (unpaired) electrons. The molecule has 0 saturated heterocycles. The largest absolute Gasteiger partial charge is 0.329 e. The average Bonchev–Trinajstić information content (AvgIpc) is 2.18. The monoisotopic (exact) mass is 293 g/mol. The Bertz CT molecular complexity index is 414. The number of nitrogens with zero attached hydrogens (tertiary/aromatic N) is 2. The Labute approximate surface area is 98.5 Å². The molecule has 0 saturated carbocycles. The molecule has 0 amide bonds. The van der Waals surface area contributed by atoms with Gasteiger partial charge in [0.25, 0.3) is 0 Å². The van der Waals surface area contributed by atoms with Gasteiger partial charge in [-0.2, -0.15) is 0 Å². The maximum absolute atomic E-state index is 11.0. The van der Waals surface area contributed by atoms with E-state index in [2.05, 4.69) is 20.9 Å². The van der Waals surface area contributed by atoms with E-state index in [1.165, 1.54) is 4.31 Å². The van der Waals surface area contributed by atoms with Crippen LogP contribution >= 0.6 is 15.9 Å². The Kier molecular flexibility index (Phi) is 4.49. The molecule has 2 N–H and O–H groups in total. The molecule has 0 bridgehead atoms. The van der Waals surface area contributed by atoms with Gasteiger partial charge in [-0.25, -0.2) is 8.42 Å². The van der Waals surface area contributed by atoms with Gasteiger partial charge in [0.15, 0.2) is 0 Å². The first-order valence-electron chi connectivity index (χ1n) is 4.30. The lowest BCUT2D eigenvalue weighted by Gasteiger charge is -2.18. The number of halogens is 1. The molecule has 0 fully saturated rings. The van der Waals surface area contributed by atoms with Crippen LogP contribution in [0.4, 0.5) is 5.69 Å². The number of rotatable bonds is 4. The lowest BCUT2D eigenvalue weighted by atomic mass is 10.3. The van der Waals surface area contributed by atoms with E-state index in [0.717, 1.165) is 4.47 Å². The van der Waals surface area contributed by atoms with E-state index in [-0.39, 0.29) is 13.1 Å². The molecule has 7 heteroatoms. The Morgan fingerprint density at radius 1 is 1.60 bits per heavy atom. The molecule has 84 valence electrons. The van der Waals surface area contributed by atoms with E-state index in [9.17, 15) is 8.42 Å². The highest BCUT2D eigenvalue weighted by Gasteiger charge is 2.11. The van der Waals surface area contributed by atoms with E-state index in [1.54, 1.807) is 19.2 Å². The predicted octanol–water partition coefficient (Wildman–Crippen LogP) is 0.444. The summed E-state index contributed by atoms with van der Waals surface area (Å²) < 4.78 is 24.0. The van der Waals surface area contributed by atoms with E-state index in [0.29, 0.717) is 11.4 Å². The van der Waals surface area contributed by atoms with Gasteiger partial charge in [0.2, 0.25) is 10.9 Å². The first kappa shape index (κ1) is 12.4. The highest BCUT2D eigenvalue weighted by molar-refractivity contribution is 9.10. The molecule has 1 rings (SSSR count). The molecule has 0 unspecified atom stereocenters. The minimum Gasteiger partial charge on any atom is -0.329 e. The number of aromatic nitrogens is 1. The van der Waals surface area contributed by atoms with Gasteiger partial charge >= 0.3 is 0 Å². The third-order valence-electron chi connectivity index (χ3n) is 1.84. The van der Waals surface area contributed by atoms with Crippen molar-refractivity contribution >= 4 is 32.5 Å². The molecule has 1 aromatic rings. The number of hydrogen-bond donors (Lipinski definition) is 2. The SMILES string of the molecule is Cc1ncc(Br)cc1N(CCN)[SH](=O)=O. The van der Waals surface area contributed by atoms with Gasteiger partial charge in [-0.3, -0.25) is 9.29 Å². The van der Waals surface area contributed by atoms with E-state index < -0.39 is 10.9 Å². The first-order valence-corrected chi connectivity index (χ1v) is 6.22. The third kappa shape index (κ3) is 3.15. The second-order valence-corrected chi connectivity index (χ2v) is 4.78. The van der Waals surface area contributed by atoms with Crippen molar-refractivity contribution < 1.29 is 8.42 Å². The average molecular weight is 294 g/mol. The van der Waals surface area contributed by atoms with Crippen molar-refractivity contribution in [1.29, 1.82) is 0 Å². The van der Waals surface area contributed by atoms with Crippen molar-refractivity contribution in [1.82, 2.24) is 4.98 Å². The quantitative estimate of drug-likeness (QED) is 0.790. The summed E-state index contributed by atoms with van der Waals surface area (Å²) in [6.07, 6.45) is 1.62. The maximum Gasteiger partial charge on any atom is 0.225 e. The summed E-state index contributed by atoms with van der Waals surface area (Å²) in [5.41, 5.74) is 6.57. The molecule has 1 heterocycles. The number of hydrogen-bond acceptors (Lipinski definition) is 4. The molecular weight excluding hydrogens is 282 g/mol. The number of aryl methyl sites for hydroxylation is 1. The van der Waals surface area contributed by atoms with Gasteiger partial charge in [0.05, 0.1) is 11.4 Å². The van der Waals surface area contributed by atoms with Gasteiger partial charge in [0.1, 0.15) is 0 Å². The van der Waals surface area contributed by atoms with Crippen molar-refractivity contribution in [3.63, 3.8) is 0 Å². The van der Waals surface area contributed by atoms with Crippen LogP contribution in [-0.4, -0.2) is 26.5 Å². The number of thiol groups is 1. The second kappa shape index (κ2) is 5.43. The molecule has 0 atom stereocenters. The molecule has 0 aliphatic heterocycles. The molecule has 0 aliphatic carbocycles. The minimum absolute atomic E-state index is 0.262. The lowest BCUT2D eigenvalue weighted by Crippen LogP contribution is -2.28. The summed E-state index contributed by atoms with van der Waals surface area (Å²) in [7, 11) is -2.68. The summed E-state index contributed by atoms with van der Waals surface area (Å²) in [6.45, 7) is 2.29. The molecule has 1 aromatic heterocycles. The van der Waals surface area contributed by atoms with E-state index in [1.807, 2.05) is 0 Å². The van der Waals surface area contributed by atoms with Crippen LogP contribution in [-0.2, 0) is 10.9 Å². The third-order valence-corrected chi connectivity index (χ3v) is 3.09. The summed E-state index contributed by atoms with van der Waals surface area (Å²) in [4.78, 5) is 4.07. The fourth-order valence-corrected chi connectivity index (χ4v) is 2.15. The smallest absolute Gasteiger partial charge is 0.225 e. The van der Waals surface area contributed by atoms with E-state index in [4.69, 9.17) is 5.73 Å². The van der Waals surface area contributed by atoms with Gasteiger partial charge in [-0.1, -0.05) is 0 Å². The summed E-state index contributed by atoms with van der Waals surface area (Å²) in [5.74, 6) is 0. The van der Waals surface area contributed by atoms with Gasteiger partial charge in [-0.15, -0.1) is 0 Å². The fraction of sp³-hybridized carbons (Fsp3) is 0.375. The number of nitrogens with two attached hydrogens (primary N) is 1. The number of pyridine rings is 1. The Hall–Kier alpha value is -0.660. The zero-order valence-corrected chi connectivity index (χ0v) is 10.7.